The number of nitrogens with two attached hydrogens (primary N) is 1. The summed E-state index contributed by atoms with van der Waals surface area (Å²) in [6.45, 7) is 7.57. The van der Waals surface area contributed by atoms with Crippen LogP contribution in [-0.4, -0.2) is 29.6 Å². The van der Waals surface area contributed by atoms with Gasteiger partial charge in [0.05, 0.1) is 6.61 Å². The number of thiophene rings is 1. The summed E-state index contributed by atoms with van der Waals surface area (Å²) in [6, 6.07) is 11.1. The molecule has 4 nitrogen and oxygen atoms in total. The molecule has 2 unspecified atom stereocenters. The van der Waals surface area contributed by atoms with Gasteiger partial charge in [0.25, 0.3) is 0 Å². The van der Waals surface area contributed by atoms with Crippen LogP contribution in [0, 0.1) is 0 Å². The Labute approximate surface area is 160 Å². The molecular weight excluding hydrogens is 344 g/mol. The van der Waals surface area contributed by atoms with E-state index < -0.39 is 0 Å². The topological polar surface area (TPSA) is 55.6 Å². The second-order valence-corrected chi connectivity index (χ2v) is 8.16. The van der Waals surface area contributed by atoms with Gasteiger partial charge >= 0.3 is 5.97 Å². The summed E-state index contributed by atoms with van der Waals surface area (Å²) in [5.41, 5.74) is 8.77. The average molecular weight is 373 g/mol. The van der Waals surface area contributed by atoms with Crippen LogP contribution >= 0.6 is 11.3 Å². The number of hydrogen-bond acceptors (Lipinski definition) is 5. The van der Waals surface area contributed by atoms with E-state index in [-0.39, 0.29) is 5.97 Å². The molecule has 0 saturated carbocycles. The number of benzene rings is 1. The lowest BCUT2D eigenvalue weighted by molar-refractivity contribution is 0.0529. The first-order valence-corrected chi connectivity index (χ1v) is 10.2. The van der Waals surface area contributed by atoms with E-state index in [4.69, 9.17) is 10.5 Å². The summed E-state index contributed by atoms with van der Waals surface area (Å²) >= 11 is 1.52. The highest BCUT2D eigenvalue weighted by molar-refractivity contribution is 7.17. The molecule has 0 amide bonds. The number of ether oxygens (including phenoxy) is 1. The zero-order chi connectivity index (χ0) is 18.7. The van der Waals surface area contributed by atoms with Gasteiger partial charge in [-0.25, -0.2) is 4.79 Å². The number of carbonyl (C=O) groups is 1. The van der Waals surface area contributed by atoms with Gasteiger partial charge in [-0.05, 0) is 39.2 Å². The second-order valence-electron chi connectivity index (χ2n) is 7.03. The maximum atomic E-state index is 12.6. The molecule has 1 saturated heterocycles. The van der Waals surface area contributed by atoms with Gasteiger partial charge in [0, 0.05) is 29.1 Å². The van der Waals surface area contributed by atoms with E-state index in [9.17, 15) is 4.79 Å². The molecule has 0 aliphatic carbocycles. The van der Waals surface area contributed by atoms with Crippen molar-refractivity contribution < 1.29 is 9.53 Å². The molecule has 1 aliphatic rings. The lowest BCUT2D eigenvalue weighted by Gasteiger charge is -2.39. The number of piperidine rings is 1. The first-order chi connectivity index (χ1) is 12.5. The van der Waals surface area contributed by atoms with Crippen LogP contribution in [0.2, 0.25) is 0 Å². The normalized spacial score (nSPS) is 20.9. The van der Waals surface area contributed by atoms with Crippen molar-refractivity contribution in [3.05, 3.63) is 40.8 Å². The van der Waals surface area contributed by atoms with E-state index >= 15 is 0 Å². The Morgan fingerprint density at radius 2 is 1.88 bits per heavy atom. The number of anilines is 1. The molecule has 140 valence electrons. The standard InChI is InChI=1S/C21H28N2O2S/c1-4-25-21(24)19-18(16-11-6-5-7-12-16)17(26-20(19)22)13-23-14(2)9-8-10-15(23)3/h5-7,11-12,14-15H,4,8-10,13,22H2,1-3H3. The minimum atomic E-state index is -0.328. The molecule has 1 fully saturated rings. The maximum Gasteiger partial charge on any atom is 0.341 e. The molecular formula is C21H28N2O2S. The van der Waals surface area contributed by atoms with E-state index in [1.807, 2.05) is 37.3 Å². The Kier molecular flexibility index (Phi) is 5.99. The summed E-state index contributed by atoms with van der Waals surface area (Å²) in [7, 11) is 0. The van der Waals surface area contributed by atoms with Gasteiger partial charge in [0.2, 0.25) is 0 Å². The molecule has 1 aromatic carbocycles. The fourth-order valence-electron chi connectivity index (χ4n) is 3.88. The number of nitrogens with zero attached hydrogens (tertiary/aromatic N) is 1. The lowest BCUT2D eigenvalue weighted by atomic mass is 9.96. The molecule has 2 atom stereocenters. The van der Waals surface area contributed by atoms with Crippen LogP contribution in [0.1, 0.15) is 55.3 Å². The average Bonchev–Trinajstić information content (AvgIpc) is 2.95. The molecule has 1 aromatic heterocycles. The van der Waals surface area contributed by atoms with E-state index in [1.165, 1.54) is 30.6 Å². The summed E-state index contributed by atoms with van der Waals surface area (Å²) in [6.07, 6.45) is 3.72. The van der Waals surface area contributed by atoms with Crippen molar-refractivity contribution >= 4 is 22.3 Å². The number of hydrogen-bond donors (Lipinski definition) is 1. The molecule has 0 bridgehead atoms. The van der Waals surface area contributed by atoms with Gasteiger partial charge in [-0.3, -0.25) is 4.90 Å². The number of rotatable bonds is 5. The molecule has 2 aromatic rings. The molecule has 0 radical (unpaired) electrons. The van der Waals surface area contributed by atoms with Crippen molar-refractivity contribution in [1.82, 2.24) is 4.90 Å². The minimum Gasteiger partial charge on any atom is -0.462 e. The van der Waals surface area contributed by atoms with Crippen molar-refractivity contribution in [2.45, 2.75) is 58.7 Å². The van der Waals surface area contributed by atoms with Gasteiger partial charge in [-0.2, -0.15) is 0 Å². The molecule has 2 N–H and O–H groups in total. The fourth-order valence-corrected chi connectivity index (χ4v) is 4.97. The van der Waals surface area contributed by atoms with Crippen LogP contribution in [0.25, 0.3) is 11.1 Å². The largest absolute Gasteiger partial charge is 0.462 e. The Morgan fingerprint density at radius 1 is 1.23 bits per heavy atom. The smallest absolute Gasteiger partial charge is 0.341 e. The molecule has 2 heterocycles. The highest BCUT2D eigenvalue weighted by atomic mass is 32.1. The Balaban J connectivity index is 2.04. The predicted octanol–water partition coefficient (Wildman–Crippen LogP) is 4.94. The lowest BCUT2D eigenvalue weighted by Crippen LogP contribution is -2.42. The van der Waals surface area contributed by atoms with E-state index in [2.05, 4.69) is 18.7 Å². The predicted molar refractivity (Wildman–Crippen MR) is 108 cm³/mol. The van der Waals surface area contributed by atoms with Crippen LogP contribution in [0.3, 0.4) is 0 Å². The number of likely N-dealkylation sites (tertiary alicyclic amines) is 1. The van der Waals surface area contributed by atoms with Crippen LogP contribution in [0.4, 0.5) is 5.00 Å². The molecule has 0 spiro atoms. The van der Waals surface area contributed by atoms with Gasteiger partial charge in [0.1, 0.15) is 10.6 Å². The van der Waals surface area contributed by atoms with Gasteiger partial charge < -0.3 is 10.5 Å². The molecule has 26 heavy (non-hydrogen) atoms. The highest BCUT2D eigenvalue weighted by Crippen LogP contribution is 2.41. The molecule has 1 aliphatic heterocycles. The summed E-state index contributed by atoms with van der Waals surface area (Å²) in [4.78, 5) is 16.3. The SMILES string of the molecule is CCOC(=O)c1c(N)sc(CN2C(C)CCCC2C)c1-c1ccccc1. The summed E-state index contributed by atoms with van der Waals surface area (Å²) < 4.78 is 5.29. The first kappa shape index (κ1) is 18.9. The third-order valence-electron chi connectivity index (χ3n) is 5.25. The zero-order valence-electron chi connectivity index (χ0n) is 15.8. The number of nitrogen functional groups attached to an aromatic ring is 1. The first-order valence-electron chi connectivity index (χ1n) is 9.42. The Bertz CT molecular complexity index is 747. The monoisotopic (exact) mass is 372 g/mol. The third-order valence-corrected chi connectivity index (χ3v) is 6.26. The van der Waals surface area contributed by atoms with E-state index in [1.54, 1.807) is 0 Å². The quantitative estimate of drug-likeness (QED) is 0.756. The summed E-state index contributed by atoms with van der Waals surface area (Å²) in [5.74, 6) is -0.328. The van der Waals surface area contributed by atoms with Crippen molar-refractivity contribution in [1.29, 1.82) is 0 Å². The summed E-state index contributed by atoms with van der Waals surface area (Å²) in [5, 5.41) is 0.551. The van der Waals surface area contributed by atoms with Crippen molar-refractivity contribution in [3.63, 3.8) is 0 Å². The number of carbonyl (C=O) groups excluding carboxylic acids is 1. The second kappa shape index (κ2) is 8.23. The minimum absolute atomic E-state index is 0.328. The van der Waals surface area contributed by atoms with Crippen LogP contribution in [0.5, 0.6) is 0 Å². The Morgan fingerprint density at radius 3 is 2.50 bits per heavy atom. The Hall–Kier alpha value is -1.85. The van der Waals surface area contributed by atoms with Crippen LogP contribution in [-0.2, 0) is 11.3 Å². The van der Waals surface area contributed by atoms with Crippen molar-refractivity contribution in [3.8, 4) is 11.1 Å². The highest BCUT2D eigenvalue weighted by Gasteiger charge is 2.29. The third kappa shape index (κ3) is 3.79. The molecule has 5 heteroatoms. The van der Waals surface area contributed by atoms with Crippen LogP contribution < -0.4 is 5.73 Å². The van der Waals surface area contributed by atoms with Crippen molar-refractivity contribution in [2.24, 2.45) is 0 Å². The van der Waals surface area contributed by atoms with E-state index in [0.717, 1.165) is 22.5 Å². The van der Waals surface area contributed by atoms with Gasteiger partial charge in [0.15, 0.2) is 0 Å². The van der Waals surface area contributed by atoms with Crippen LogP contribution in [0.15, 0.2) is 30.3 Å². The van der Waals surface area contributed by atoms with Gasteiger partial charge in [-0.1, -0.05) is 36.8 Å². The molecule has 3 rings (SSSR count). The van der Waals surface area contributed by atoms with E-state index in [0.29, 0.717) is 29.3 Å². The zero-order valence-corrected chi connectivity index (χ0v) is 16.6. The number of esters is 1. The van der Waals surface area contributed by atoms with Gasteiger partial charge in [-0.15, -0.1) is 11.3 Å². The maximum absolute atomic E-state index is 12.6. The fraction of sp³-hybridized carbons (Fsp3) is 0.476. The van der Waals surface area contributed by atoms with Crippen molar-refractivity contribution in [2.75, 3.05) is 12.3 Å².